The standard InChI is InChI=1S/C11H10N2O4/c1-13-10-7(3-2-6-12-10)17-8(11(13)16)4-5-9(14)15/h2-6,8H,1H3,(H,14,15)/b5-4+. The van der Waals surface area contributed by atoms with Gasteiger partial charge in [0.05, 0.1) is 0 Å². The number of aromatic nitrogens is 1. The molecule has 0 radical (unpaired) electrons. The number of carboxylic acids is 1. The summed E-state index contributed by atoms with van der Waals surface area (Å²) < 4.78 is 5.36. The summed E-state index contributed by atoms with van der Waals surface area (Å²) in [7, 11) is 1.57. The molecule has 6 nitrogen and oxygen atoms in total. The highest BCUT2D eigenvalue weighted by Crippen LogP contribution is 2.30. The maximum absolute atomic E-state index is 11.8. The van der Waals surface area contributed by atoms with E-state index in [1.54, 1.807) is 25.4 Å². The molecule has 1 amide bonds. The fourth-order valence-corrected chi connectivity index (χ4v) is 1.50. The Morgan fingerprint density at radius 3 is 3.12 bits per heavy atom. The molecule has 1 aromatic heterocycles. The predicted molar refractivity (Wildman–Crippen MR) is 58.8 cm³/mol. The van der Waals surface area contributed by atoms with Crippen molar-refractivity contribution in [2.75, 3.05) is 11.9 Å². The Hall–Kier alpha value is -2.37. The van der Waals surface area contributed by atoms with Crippen molar-refractivity contribution in [2.45, 2.75) is 6.10 Å². The molecule has 1 aliphatic heterocycles. The number of fused-ring (bicyclic) bond motifs is 1. The van der Waals surface area contributed by atoms with Crippen LogP contribution in [0.3, 0.4) is 0 Å². The van der Waals surface area contributed by atoms with Gasteiger partial charge in [0.1, 0.15) is 0 Å². The van der Waals surface area contributed by atoms with E-state index in [0.717, 1.165) is 6.08 Å². The number of ether oxygens (including phenoxy) is 1. The zero-order chi connectivity index (χ0) is 12.4. The molecule has 0 fully saturated rings. The molecule has 1 unspecified atom stereocenters. The number of carbonyl (C=O) groups excluding carboxylic acids is 1. The maximum Gasteiger partial charge on any atom is 0.328 e. The lowest BCUT2D eigenvalue weighted by Crippen LogP contribution is -2.43. The zero-order valence-electron chi connectivity index (χ0n) is 9.03. The van der Waals surface area contributed by atoms with Crippen LogP contribution >= 0.6 is 0 Å². The summed E-state index contributed by atoms with van der Waals surface area (Å²) in [6, 6.07) is 3.35. The number of nitrogens with zero attached hydrogens (tertiary/aromatic N) is 2. The highest BCUT2D eigenvalue weighted by atomic mass is 16.5. The van der Waals surface area contributed by atoms with Gasteiger partial charge in [0.25, 0.3) is 5.91 Å². The summed E-state index contributed by atoms with van der Waals surface area (Å²) in [5.41, 5.74) is 0. The molecule has 0 aromatic carbocycles. The summed E-state index contributed by atoms with van der Waals surface area (Å²) >= 11 is 0. The summed E-state index contributed by atoms with van der Waals surface area (Å²) in [5, 5.41) is 8.51. The fraction of sp³-hybridized carbons (Fsp3) is 0.182. The molecule has 0 saturated heterocycles. The molecule has 1 aliphatic rings. The Balaban J connectivity index is 2.31. The summed E-state index contributed by atoms with van der Waals surface area (Å²) in [5.74, 6) is -0.596. The van der Waals surface area contributed by atoms with Gasteiger partial charge in [-0.3, -0.25) is 9.69 Å². The highest BCUT2D eigenvalue weighted by Gasteiger charge is 2.31. The molecule has 1 atom stereocenters. The minimum atomic E-state index is -1.12. The Morgan fingerprint density at radius 2 is 2.41 bits per heavy atom. The summed E-state index contributed by atoms with van der Waals surface area (Å²) in [6.07, 6.45) is 2.72. The normalized spacial score (nSPS) is 19.0. The number of carbonyl (C=O) groups is 2. The van der Waals surface area contributed by atoms with Crippen LogP contribution < -0.4 is 9.64 Å². The van der Waals surface area contributed by atoms with Crippen LogP contribution in [0.5, 0.6) is 5.75 Å². The first-order valence-corrected chi connectivity index (χ1v) is 4.90. The van der Waals surface area contributed by atoms with Gasteiger partial charge < -0.3 is 9.84 Å². The third-order valence-corrected chi connectivity index (χ3v) is 2.31. The van der Waals surface area contributed by atoms with E-state index in [1.807, 2.05) is 0 Å². The lowest BCUT2D eigenvalue weighted by Gasteiger charge is -2.29. The second kappa shape index (κ2) is 4.25. The van der Waals surface area contributed by atoms with Crippen molar-refractivity contribution in [3.05, 3.63) is 30.5 Å². The number of amides is 1. The number of anilines is 1. The van der Waals surface area contributed by atoms with E-state index in [4.69, 9.17) is 9.84 Å². The van der Waals surface area contributed by atoms with Gasteiger partial charge in [-0.05, 0) is 18.2 Å². The van der Waals surface area contributed by atoms with Crippen LogP contribution in [0.15, 0.2) is 30.5 Å². The van der Waals surface area contributed by atoms with Crippen LogP contribution in [-0.4, -0.2) is 35.1 Å². The second-order valence-corrected chi connectivity index (χ2v) is 3.46. The van der Waals surface area contributed by atoms with Crippen molar-refractivity contribution >= 4 is 17.7 Å². The predicted octanol–water partition coefficient (Wildman–Crippen LogP) is 0.446. The molecule has 1 N–H and O–H groups in total. The van der Waals surface area contributed by atoms with E-state index in [2.05, 4.69) is 4.98 Å². The number of hydrogen-bond acceptors (Lipinski definition) is 4. The molecular weight excluding hydrogens is 224 g/mol. The maximum atomic E-state index is 11.8. The lowest BCUT2D eigenvalue weighted by atomic mass is 10.2. The molecule has 17 heavy (non-hydrogen) atoms. The van der Waals surface area contributed by atoms with Crippen LogP contribution in [0.2, 0.25) is 0 Å². The van der Waals surface area contributed by atoms with Gasteiger partial charge in [-0.2, -0.15) is 0 Å². The number of pyridine rings is 1. The Kier molecular flexibility index (Phi) is 2.78. The molecule has 0 spiro atoms. The average molecular weight is 234 g/mol. The van der Waals surface area contributed by atoms with Gasteiger partial charge in [-0.1, -0.05) is 0 Å². The van der Waals surface area contributed by atoms with E-state index in [-0.39, 0.29) is 5.91 Å². The first-order chi connectivity index (χ1) is 8.09. The Morgan fingerprint density at radius 1 is 1.65 bits per heavy atom. The largest absolute Gasteiger partial charge is 0.478 e. The molecule has 0 saturated carbocycles. The van der Waals surface area contributed by atoms with E-state index < -0.39 is 12.1 Å². The summed E-state index contributed by atoms with van der Waals surface area (Å²) in [4.78, 5) is 27.6. The minimum Gasteiger partial charge on any atom is -0.478 e. The van der Waals surface area contributed by atoms with E-state index in [9.17, 15) is 9.59 Å². The quantitative estimate of drug-likeness (QED) is 0.751. The van der Waals surface area contributed by atoms with Gasteiger partial charge in [-0.15, -0.1) is 0 Å². The first-order valence-electron chi connectivity index (χ1n) is 4.90. The smallest absolute Gasteiger partial charge is 0.328 e. The molecule has 88 valence electrons. The topological polar surface area (TPSA) is 79.7 Å². The SMILES string of the molecule is CN1C(=O)C(/C=C/C(=O)O)Oc2cccnc21. The molecular formula is C11H10N2O4. The number of carboxylic acid groups (broad SMARTS) is 1. The van der Waals surface area contributed by atoms with Crippen molar-refractivity contribution in [1.82, 2.24) is 4.98 Å². The number of likely N-dealkylation sites (N-methyl/N-ethyl adjacent to an activating group) is 1. The van der Waals surface area contributed by atoms with Gasteiger partial charge in [0.15, 0.2) is 17.7 Å². The van der Waals surface area contributed by atoms with Gasteiger partial charge >= 0.3 is 5.97 Å². The van der Waals surface area contributed by atoms with Crippen molar-refractivity contribution in [3.63, 3.8) is 0 Å². The van der Waals surface area contributed by atoms with Crippen molar-refractivity contribution in [3.8, 4) is 5.75 Å². The monoisotopic (exact) mass is 234 g/mol. The van der Waals surface area contributed by atoms with Crippen LogP contribution in [-0.2, 0) is 9.59 Å². The van der Waals surface area contributed by atoms with Crippen molar-refractivity contribution in [1.29, 1.82) is 0 Å². The van der Waals surface area contributed by atoms with Gasteiger partial charge in [0.2, 0.25) is 0 Å². The molecule has 6 heteroatoms. The van der Waals surface area contributed by atoms with Gasteiger partial charge in [-0.25, -0.2) is 9.78 Å². The Bertz CT molecular complexity index is 498. The highest BCUT2D eigenvalue weighted by molar-refractivity contribution is 6.00. The third kappa shape index (κ3) is 2.10. The van der Waals surface area contributed by atoms with Crippen LogP contribution in [0, 0.1) is 0 Å². The zero-order valence-corrected chi connectivity index (χ0v) is 9.03. The van der Waals surface area contributed by atoms with E-state index in [1.165, 1.54) is 11.0 Å². The molecule has 0 bridgehead atoms. The lowest BCUT2D eigenvalue weighted by molar-refractivity contribution is -0.131. The second-order valence-electron chi connectivity index (χ2n) is 3.46. The molecule has 1 aromatic rings. The average Bonchev–Trinajstić information content (AvgIpc) is 2.32. The third-order valence-electron chi connectivity index (χ3n) is 2.31. The van der Waals surface area contributed by atoms with Crippen LogP contribution in [0.1, 0.15) is 0 Å². The first kappa shape index (κ1) is 11.1. The minimum absolute atomic E-state index is 0.353. The fourth-order valence-electron chi connectivity index (χ4n) is 1.50. The van der Waals surface area contributed by atoms with Crippen LogP contribution in [0.25, 0.3) is 0 Å². The number of hydrogen-bond donors (Lipinski definition) is 1. The van der Waals surface area contributed by atoms with Crippen molar-refractivity contribution < 1.29 is 19.4 Å². The van der Waals surface area contributed by atoms with E-state index in [0.29, 0.717) is 11.6 Å². The number of rotatable bonds is 2. The van der Waals surface area contributed by atoms with Gasteiger partial charge in [0, 0.05) is 19.3 Å². The molecule has 2 rings (SSSR count). The number of aliphatic carboxylic acids is 1. The van der Waals surface area contributed by atoms with E-state index >= 15 is 0 Å². The Labute approximate surface area is 97.1 Å². The van der Waals surface area contributed by atoms with Crippen LogP contribution in [0.4, 0.5) is 5.82 Å². The van der Waals surface area contributed by atoms with Crippen molar-refractivity contribution in [2.24, 2.45) is 0 Å². The molecule has 2 heterocycles. The summed E-state index contributed by atoms with van der Waals surface area (Å²) in [6.45, 7) is 0. The molecule has 0 aliphatic carbocycles.